The van der Waals surface area contributed by atoms with Crippen LogP contribution in [0, 0.1) is 5.41 Å². The number of anilines is 2. The highest BCUT2D eigenvalue weighted by Gasteiger charge is 2.14. The van der Waals surface area contributed by atoms with Crippen molar-refractivity contribution < 1.29 is 29.7 Å². The molecular formula is C32H41Cl3N6O6. The topological polar surface area (TPSA) is 215 Å². The minimum absolute atomic E-state index is 0. The Kier molecular flexibility index (Phi) is 20.1. The van der Waals surface area contributed by atoms with E-state index in [2.05, 4.69) is 20.5 Å². The number of carbonyl (C=O) groups is 3. The molecule has 1 aromatic heterocycles. The molecule has 12 nitrogen and oxygen atoms in total. The Morgan fingerprint density at radius 3 is 1.81 bits per heavy atom. The second-order valence-electron chi connectivity index (χ2n) is 8.87. The molecule has 1 heterocycles. The minimum Gasteiger partial charge on any atom is -0.481 e. The number of rotatable bonds is 9. The third-order valence-electron chi connectivity index (χ3n) is 5.97. The number of nitrogen functional groups attached to an aromatic ring is 1. The number of aromatic nitrogens is 2. The van der Waals surface area contributed by atoms with E-state index in [-0.39, 0.29) is 41.5 Å². The maximum absolute atomic E-state index is 10.6. The third-order valence-corrected chi connectivity index (χ3v) is 7.03. The lowest BCUT2D eigenvalue weighted by Crippen LogP contribution is -2.06. The molecule has 0 spiro atoms. The number of benzene rings is 3. The van der Waals surface area contributed by atoms with Crippen LogP contribution in [-0.4, -0.2) is 69.9 Å². The zero-order chi connectivity index (χ0) is 33.0. The summed E-state index contributed by atoms with van der Waals surface area (Å²) in [6, 6.07) is 10.00. The molecule has 0 saturated heterocycles. The Labute approximate surface area is 289 Å². The first-order valence-corrected chi connectivity index (χ1v) is 13.7. The zero-order valence-electron chi connectivity index (χ0n) is 23.5. The predicted octanol–water partition coefficient (Wildman–Crippen LogP) is 7.36. The number of nitrogens with two attached hydrogens (primary N) is 1. The molecule has 0 fully saturated rings. The quantitative estimate of drug-likeness (QED) is 0.0681. The van der Waals surface area contributed by atoms with Crippen LogP contribution >= 0.6 is 34.8 Å². The highest BCUT2D eigenvalue weighted by Crippen LogP contribution is 2.27. The van der Waals surface area contributed by atoms with Crippen molar-refractivity contribution in [1.82, 2.24) is 10.2 Å². The zero-order valence-corrected chi connectivity index (χ0v) is 25.8. The number of carboxylic acid groups (broad SMARTS) is 3. The average molecular weight is 712 g/mol. The molecule has 4 rings (SSSR count). The lowest BCUT2D eigenvalue weighted by Gasteiger charge is -2.11. The second-order valence-corrected chi connectivity index (χ2v) is 10.1. The number of hydrogen-bond donors (Lipinski definition) is 7. The van der Waals surface area contributed by atoms with Crippen LogP contribution in [0.3, 0.4) is 0 Å². The van der Waals surface area contributed by atoms with Crippen LogP contribution < -0.4 is 11.1 Å². The van der Waals surface area contributed by atoms with E-state index in [9.17, 15) is 14.4 Å². The first-order chi connectivity index (χ1) is 20.8. The molecule has 256 valence electrons. The molecule has 47 heavy (non-hydrogen) atoms. The van der Waals surface area contributed by atoms with Crippen molar-refractivity contribution in [2.24, 2.45) is 4.99 Å². The van der Waals surface area contributed by atoms with Gasteiger partial charge in [-0.15, -0.1) is 0 Å². The largest absolute Gasteiger partial charge is 0.481 e. The molecule has 0 bridgehead atoms. The summed E-state index contributed by atoms with van der Waals surface area (Å²) in [5, 5.41) is 44.9. The summed E-state index contributed by atoms with van der Waals surface area (Å²) in [5.74, 6) is -2.82. The first-order valence-electron chi connectivity index (χ1n) is 12.6. The number of fused-ring (bicyclic) bond motifs is 1. The average Bonchev–Trinajstić information content (AvgIpc) is 3.45. The van der Waals surface area contributed by atoms with E-state index in [1.807, 2.05) is 0 Å². The summed E-state index contributed by atoms with van der Waals surface area (Å²) in [7, 11) is 3.30. The van der Waals surface area contributed by atoms with Crippen LogP contribution in [0.4, 0.5) is 11.4 Å². The molecule has 15 heteroatoms. The minimum atomic E-state index is -0.965. The van der Waals surface area contributed by atoms with E-state index in [1.165, 1.54) is 6.21 Å². The molecule has 0 aliphatic heterocycles. The third kappa shape index (κ3) is 12.6. The normalized spacial score (nSPS) is 9.72. The summed E-state index contributed by atoms with van der Waals surface area (Å²) < 4.78 is 0. The molecule has 0 saturated carbocycles. The predicted molar refractivity (Wildman–Crippen MR) is 194 cm³/mol. The van der Waals surface area contributed by atoms with Crippen molar-refractivity contribution in [2.45, 2.75) is 41.5 Å². The molecule has 0 aliphatic carbocycles. The fourth-order valence-electron chi connectivity index (χ4n) is 4.00. The fourth-order valence-corrected chi connectivity index (χ4v) is 4.70. The molecule has 8 N–H and O–H groups in total. The molecular weight excluding hydrogens is 671 g/mol. The Bertz CT molecular complexity index is 1710. The van der Waals surface area contributed by atoms with Gasteiger partial charge in [-0.3, -0.25) is 24.5 Å². The van der Waals surface area contributed by atoms with Gasteiger partial charge in [-0.25, -0.2) is 0 Å². The van der Waals surface area contributed by atoms with Gasteiger partial charge in [-0.05, 0) is 53.1 Å². The molecule has 0 aliphatic rings. The van der Waals surface area contributed by atoms with E-state index in [0.717, 1.165) is 17.1 Å². The maximum atomic E-state index is 10.6. The standard InChI is InChI=1S/2C10H11ClN2O2.C9H7ClN2O2.3CH4/c1-13-5-7-6(4-10(14)15)8(11)2-3-9(7)12;1-13-9-3-2-8(11)6(4-10(14)15)7(9)5-12;10-7-1-2-8-6(4-11-12-8)5(7)3-9(13)14;;;/h2-3,5H,4,12H2,1H3,(H,14,15);2-3,5,12-13H,4H2,1H3,(H,14,15);1-2,4H,3H2,(H,11,12)(H,13,14);3*1H4. The van der Waals surface area contributed by atoms with Crippen LogP contribution in [0.5, 0.6) is 0 Å². The summed E-state index contributed by atoms with van der Waals surface area (Å²) >= 11 is 17.7. The number of hydrogen-bond acceptors (Lipinski definition) is 8. The van der Waals surface area contributed by atoms with Gasteiger partial charge in [0, 0.05) is 69.5 Å². The lowest BCUT2D eigenvalue weighted by molar-refractivity contribution is -0.137. The van der Waals surface area contributed by atoms with Gasteiger partial charge in [0.05, 0.1) is 31.0 Å². The van der Waals surface area contributed by atoms with Crippen LogP contribution in [0.1, 0.15) is 50.1 Å². The van der Waals surface area contributed by atoms with Gasteiger partial charge in [0.15, 0.2) is 0 Å². The Morgan fingerprint density at radius 2 is 1.32 bits per heavy atom. The maximum Gasteiger partial charge on any atom is 0.307 e. The molecule has 4 aromatic rings. The number of aliphatic carboxylic acids is 3. The van der Waals surface area contributed by atoms with Crippen molar-refractivity contribution in [3.8, 4) is 0 Å². The SMILES string of the molecule is C.C.C.CN=Cc1c(N)ccc(Cl)c1CC(=O)O.CNc1ccc(Cl)c(CC(=O)O)c1C=N.O=C(O)Cc1c(Cl)ccc2[nH]ncc12. The molecule has 0 radical (unpaired) electrons. The van der Waals surface area contributed by atoms with Gasteiger partial charge in [-0.2, -0.15) is 5.10 Å². The molecule has 0 unspecified atom stereocenters. The molecule has 0 amide bonds. The van der Waals surface area contributed by atoms with Crippen molar-refractivity contribution in [2.75, 3.05) is 25.1 Å². The van der Waals surface area contributed by atoms with E-state index < -0.39 is 17.9 Å². The van der Waals surface area contributed by atoms with Gasteiger partial charge < -0.3 is 31.8 Å². The van der Waals surface area contributed by atoms with Crippen LogP contribution in [-0.2, 0) is 33.6 Å². The second kappa shape index (κ2) is 21.2. The van der Waals surface area contributed by atoms with Gasteiger partial charge >= 0.3 is 17.9 Å². The molecule has 3 aromatic carbocycles. The van der Waals surface area contributed by atoms with Crippen molar-refractivity contribution in [3.63, 3.8) is 0 Å². The van der Waals surface area contributed by atoms with Crippen molar-refractivity contribution in [3.05, 3.63) is 85.5 Å². The number of carboxylic acids is 3. The molecule has 0 atom stereocenters. The van der Waals surface area contributed by atoms with Crippen LogP contribution in [0.2, 0.25) is 15.1 Å². The summed E-state index contributed by atoms with van der Waals surface area (Å²) in [6.07, 6.45) is 3.77. The number of nitrogens with one attached hydrogen (secondary N) is 3. The van der Waals surface area contributed by atoms with E-state index in [4.69, 9.17) is 61.3 Å². The highest BCUT2D eigenvalue weighted by molar-refractivity contribution is 6.33. The first kappa shape index (κ1) is 44.5. The van der Waals surface area contributed by atoms with E-state index >= 15 is 0 Å². The summed E-state index contributed by atoms with van der Waals surface area (Å²) in [4.78, 5) is 35.7. The van der Waals surface area contributed by atoms with Gasteiger partial charge in [0.25, 0.3) is 0 Å². The van der Waals surface area contributed by atoms with Gasteiger partial charge in [0.2, 0.25) is 0 Å². The number of aromatic amines is 1. The number of aliphatic imine (C=N–C) groups is 1. The summed E-state index contributed by atoms with van der Waals surface area (Å²) in [5.41, 5.74) is 10.3. The Balaban J connectivity index is 0. The fraction of sp³-hybridized carbons (Fsp3) is 0.250. The highest BCUT2D eigenvalue weighted by atomic mass is 35.5. The van der Waals surface area contributed by atoms with E-state index in [0.29, 0.717) is 54.3 Å². The van der Waals surface area contributed by atoms with Gasteiger partial charge in [0.1, 0.15) is 0 Å². The van der Waals surface area contributed by atoms with Crippen LogP contribution in [0.25, 0.3) is 10.9 Å². The Hall–Kier alpha value is -4.65. The summed E-state index contributed by atoms with van der Waals surface area (Å²) in [6.45, 7) is 0. The van der Waals surface area contributed by atoms with Crippen LogP contribution in [0.15, 0.2) is 47.6 Å². The van der Waals surface area contributed by atoms with E-state index in [1.54, 1.807) is 56.7 Å². The number of H-pyrrole nitrogens is 1. The van der Waals surface area contributed by atoms with Crippen molar-refractivity contribution in [1.29, 1.82) is 5.41 Å². The number of nitrogens with zero attached hydrogens (tertiary/aromatic N) is 2. The van der Waals surface area contributed by atoms with Crippen molar-refractivity contribution >= 4 is 87.4 Å². The smallest absolute Gasteiger partial charge is 0.307 e. The Morgan fingerprint density at radius 1 is 0.851 bits per heavy atom. The van der Waals surface area contributed by atoms with Gasteiger partial charge in [-0.1, -0.05) is 57.1 Å². The lowest BCUT2D eigenvalue weighted by atomic mass is 10.0. The monoisotopic (exact) mass is 710 g/mol. The number of halogens is 3.